The van der Waals surface area contributed by atoms with Crippen molar-refractivity contribution in [1.29, 1.82) is 0 Å². The summed E-state index contributed by atoms with van der Waals surface area (Å²) in [6, 6.07) is 8.12. The largest absolute Gasteiger partial charge is 0.268 e. The zero-order valence-corrected chi connectivity index (χ0v) is 12.3. The first kappa shape index (κ1) is 11.9. The molecule has 1 aromatic carbocycles. The van der Waals surface area contributed by atoms with Crippen LogP contribution in [-0.2, 0) is 6.54 Å². The number of benzene rings is 1. The van der Waals surface area contributed by atoms with Crippen LogP contribution < -0.4 is 0 Å². The number of aryl methyl sites for hydroxylation is 1. The summed E-state index contributed by atoms with van der Waals surface area (Å²) in [4.78, 5) is 0. The van der Waals surface area contributed by atoms with Gasteiger partial charge in [0.2, 0.25) is 0 Å². The van der Waals surface area contributed by atoms with E-state index in [0.29, 0.717) is 0 Å². The predicted molar refractivity (Wildman–Crippen MR) is 73.5 cm³/mol. The Labute approximate surface area is 112 Å². The van der Waals surface area contributed by atoms with Gasteiger partial charge < -0.3 is 0 Å². The van der Waals surface area contributed by atoms with Crippen molar-refractivity contribution in [2.24, 2.45) is 0 Å². The summed E-state index contributed by atoms with van der Waals surface area (Å²) in [7, 11) is 0. The Hall–Kier alpha value is -0.610. The lowest BCUT2D eigenvalue weighted by Gasteiger charge is -2.00. The molecular formula is C12H12Br2N2. The lowest BCUT2D eigenvalue weighted by Crippen LogP contribution is -1.98. The first-order valence-corrected chi connectivity index (χ1v) is 6.71. The van der Waals surface area contributed by atoms with E-state index in [9.17, 15) is 0 Å². The highest BCUT2D eigenvalue weighted by Gasteiger charge is 2.14. The van der Waals surface area contributed by atoms with Crippen LogP contribution in [0.4, 0.5) is 0 Å². The monoisotopic (exact) mass is 342 g/mol. The minimum absolute atomic E-state index is 0.884. The first-order valence-electron chi connectivity index (χ1n) is 5.13. The fourth-order valence-corrected chi connectivity index (χ4v) is 2.63. The lowest BCUT2D eigenvalue weighted by molar-refractivity contribution is 0.641. The molecule has 0 atom stereocenters. The van der Waals surface area contributed by atoms with Crippen LogP contribution in [0.5, 0.6) is 0 Å². The van der Waals surface area contributed by atoms with Crippen LogP contribution in [0.25, 0.3) is 11.3 Å². The molecule has 0 saturated heterocycles. The van der Waals surface area contributed by atoms with Crippen molar-refractivity contribution in [3.8, 4) is 11.3 Å². The van der Waals surface area contributed by atoms with Gasteiger partial charge in [0.25, 0.3) is 0 Å². The third-order valence-corrected chi connectivity index (χ3v) is 4.20. The first-order chi connectivity index (χ1) is 7.65. The molecule has 2 nitrogen and oxygen atoms in total. The van der Waals surface area contributed by atoms with Gasteiger partial charge in [0.1, 0.15) is 5.69 Å². The Bertz CT molecular complexity index is 518. The molecule has 0 N–H and O–H groups in total. The van der Waals surface area contributed by atoms with Gasteiger partial charge in [0.05, 0.1) is 10.2 Å². The number of hydrogen-bond acceptors (Lipinski definition) is 1. The SMILES string of the molecule is CCn1nc(-c2ccccc2Br)c(Br)c1C. The molecule has 0 radical (unpaired) electrons. The average molecular weight is 344 g/mol. The third-order valence-electron chi connectivity index (χ3n) is 2.56. The van der Waals surface area contributed by atoms with Crippen LogP contribution in [0.15, 0.2) is 33.2 Å². The molecule has 0 aliphatic carbocycles. The van der Waals surface area contributed by atoms with Gasteiger partial charge >= 0.3 is 0 Å². The van der Waals surface area contributed by atoms with Gasteiger partial charge in [-0.1, -0.05) is 34.1 Å². The second-order valence-corrected chi connectivity index (χ2v) is 5.19. The predicted octanol–water partition coefficient (Wildman–Crippen LogP) is 4.40. The number of hydrogen-bond donors (Lipinski definition) is 0. The second kappa shape index (κ2) is 4.72. The molecule has 0 unspecified atom stereocenters. The number of aromatic nitrogens is 2. The van der Waals surface area contributed by atoms with Gasteiger partial charge in [-0.3, -0.25) is 4.68 Å². The summed E-state index contributed by atoms with van der Waals surface area (Å²) in [5.41, 5.74) is 3.27. The van der Waals surface area contributed by atoms with Crippen molar-refractivity contribution in [3.63, 3.8) is 0 Å². The molecule has 0 aliphatic heterocycles. The number of halogens is 2. The molecule has 0 saturated carbocycles. The van der Waals surface area contributed by atoms with Crippen molar-refractivity contribution >= 4 is 31.9 Å². The Morgan fingerprint density at radius 2 is 1.94 bits per heavy atom. The topological polar surface area (TPSA) is 17.8 Å². The fraction of sp³-hybridized carbons (Fsp3) is 0.250. The molecule has 16 heavy (non-hydrogen) atoms. The van der Waals surface area contributed by atoms with Gasteiger partial charge in [-0.2, -0.15) is 5.10 Å². The molecule has 1 aromatic heterocycles. The molecule has 0 spiro atoms. The highest BCUT2D eigenvalue weighted by Crippen LogP contribution is 2.34. The Balaban J connectivity index is 2.61. The van der Waals surface area contributed by atoms with Crippen LogP contribution in [0.2, 0.25) is 0 Å². The standard InChI is InChI=1S/C12H12Br2N2/c1-3-16-8(2)11(14)12(15-16)9-6-4-5-7-10(9)13/h4-7H,3H2,1-2H3. The van der Waals surface area contributed by atoms with Crippen LogP contribution in [-0.4, -0.2) is 9.78 Å². The van der Waals surface area contributed by atoms with Crippen LogP contribution in [0.1, 0.15) is 12.6 Å². The molecule has 0 amide bonds. The van der Waals surface area contributed by atoms with Crippen LogP contribution in [0.3, 0.4) is 0 Å². The average Bonchev–Trinajstić information content (AvgIpc) is 2.57. The van der Waals surface area contributed by atoms with E-state index < -0.39 is 0 Å². The van der Waals surface area contributed by atoms with Gasteiger partial charge in [0, 0.05) is 16.6 Å². The van der Waals surface area contributed by atoms with Gasteiger partial charge in [-0.15, -0.1) is 0 Å². The van der Waals surface area contributed by atoms with Crippen LogP contribution in [0, 0.1) is 6.92 Å². The summed E-state index contributed by atoms with van der Waals surface area (Å²) in [5, 5.41) is 4.60. The van der Waals surface area contributed by atoms with Crippen molar-refractivity contribution in [3.05, 3.63) is 38.9 Å². The maximum atomic E-state index is 4.60. The van der Waals surface area contributed by atoms with Gasteiger partial charge in [0.15, 0.2) is 0 Å². The van der Waals surface area contributed by atoms with Crippen molar-refractivity contribution in [2.75, 3.05) is 0 Å². The quantitative estimate of drug-likeness (QED) is 0.790. The maximum Gasteiger partial charge on any atom is 0.108 e. The van der Waals surface area contributed by atoms with Crippen molar-refractivity contribution in [2.45, 2.75) is 20.4 Å². The highest BCUT2D eigenvalue weighted by atomic mass is 79.9. The van der Waals surface area contributed by atoms with Crippen molar-refractivity contribution < 1.29 is 0 Å². The molecule has 4 heteroatoms. The summed E-state index contributed by atoms with van der Waals surface area (Å²) < 4.78 is 4.14. The minimum Gasteiger partial charge on any atom is -0.268 e. The molecule has 0 aliphatic rings. The van der Waals surface area contributed by atoms with E-state index >= 15 is 0 Å². The molecule has 1 heterocycles. The smallest absolute Gasteiger partial charge is 0.108 e. The molecule has 2 aromatic rings. The van der Waals surface area contributed by atoms with Gasteiger partial charge in [-0.05, 0) is 35.8 Å². The van der Waals surface area contributed by atoms with E-state index in [-0.39, 0.29) is 0 Å². The lowest BCUT2D eigenvalue weighted by atomic mass is 10.1. The van der Waals surface area contributed by atoms with Gasteiger partial charge in [-0.25, -0.2) is 0 Å². The minimum atomic E-state index is 0.884. The number of nitrogens with zero attached hydrogens (tertiary/aromatic N) is 2. The zero-order valence-electron chi connectivity index (χ0n) is 9.17. The third kappa shape index (κ3) is 1.96. The highest BCUT2D eigenvalue weighted by molar-refractivity contribution is 9.11. The van der Waals surface area contributed by atoms with E-state index in [1.807, 2.05) is 22.9 Å². The molecular weight excluding hydrogens is 332 g/mol. The number of rotatable bonds is 2. The fourth-order valence-electron chi connectivity index (χ4n) is 1.66. The Morgan fingerprint density at radius 3 is 2.50 bits per heavy atom. The summed E-state index contributed by atoms with van der Waals surface area (Å²) in [5.74, 6) is 0. The Kier molecular flexibility index (Phi) is 3.50. The molecule has 2 rings (SSSR count). The Morgan fingerprint density at radius 1 is 1.25 bits per heavy atom. The molecule has 0 fully saturated rings. The van der Waals surface area contributed by atoms with Crippen molar-refractivity contribution in [1.82, 2.24) is 9.78 Å². The maximum absolute atomic E-state index is 4.60. The summed E-state index contributed by atoms with van der Waals surface area (Å²) >= 11 is 7.16. The normalized spacial score (nSPS) is 10.8. The van der Waals surface area contributed by atoms with E-state index in [0.717, 1.165) is 32.4 Å². The molecule has 84 valence electrons. The van der Waals surface area contributed by atoms with E-state index in [1.165, 1.54) is 0 Å². The summed E-state index contributed by atoms with van der Waals surface area (Å²) in [6.45, 7) is 5.05. The van der Waals surface area contributed by atoms with E-state index in [1.54, 1.807) is 0 Å². The van der Waals surface area contributed by atoms with E-state index in [2.05, 4.69) is 56.9 Å². The zero-order chi connectivity index (χ0) is 11.7. The van der Waals surface area contributed by atoms with E-state index in [4.69, 9.17) is 0 Å². The summed E-state index contributed by atoms with van der Waals surface area (Å²) in [6.07, 6.45) is 0. The second-order valence-electron chi connectivity index (χ2n) is 3.54. The molecule has 0 bridgehead atoms. The van der Waals surface area contributed by atoms with Crippen LogP contribution >= 0.6 is 31.9 Å².